The normalized spacial score (nSPS) is 18.0. The number of carbonyl (C=O) groups is 2. The molecule has 2 aromatic rings. The molecule has 1 atom stereocenters. The lowest BCUT2D eigenvalue weighted by molar-refractivity contribution is 0.0657. The van der Waals surface area contributed by atoms with Gasteiger partial charge < -0.3 is 14.4 Å². The van der Waals surface area contributed by atoms with Gasteiger partial charge >= 0.3 is 5.97 Å². The third kappa shape index (κ3) is 3.73. The van der Waals surface area contributed by atoms with Crippen molar-refractivity contribution >= 4 is 11.9 Å². The van der Waals surface area contributed by atoms with E-state index in [-0.39, 0.29) is 17.6 Å². The molecule has 0 spiro atoms. The highest BCUT2D eigenvalue weighted by atomic mass is 16.4. The lowest BCUT2D eigenvalue weighted by atomic mass is 10.1. The van der Waals surface area contributed by atoms with Gasteiger partial charge in [0, 0.05) is 24.7 Å². The first kappa shape index (κ1) is 17.2. The van der Waals surface area contributed by atoms with Crippen molar-refractivity contribution in [2.24, 2.45) is 0 Å². The van der Waals surface area contributed by atoms with Crippen molar-refractivity contribution in [3.05, 3.63) is 53.2 Å². The number of pyridine rings is 1. The number of carbonyl (C=O) groups excluding carboxylic acids is 1. The molecule has 0 saturated carbocycles. The van der Waals surface area contributed by atoms with E-state index >= 15 is 0 Å². The van der Waals surface area contributed by atoms with Crippen LogP contribution in [0.5, 0.6) is 0 Å². The topological polar surface area (TPSA) is 83.6 Å². The van der Waals surface area contributed by atoms with Gasteiger partial charge in [-0.3, -0.25) is 4.79 Å². The molecular formula is C19H22N2O4. The molecule has 0 bridgehead atoms. The fraction of sp³-hybridized carbons (Fsp3) is 0.421. The Bertz CT molecular complexity index is 768. The molecule has 1 aliphatic heterocycles. The molecule has 2 aromatic heterocycles. The smallest absolute Gasteiger partial charge is 0.354 e. The van der Waals surface area contributed by atoms with Crippen molar-refractivity contribution in [3.63, 3.8) is 0 Å². The quantitative estimate of drug-likeness (QED) is 0.916. The van der Waals surface area contributed by atoms with Crippen molar-refractivity contribution in [2.75, 3.05) is 6.54 Å². The lowest BCUT2D eigenvalue weighted by Gasteiger charge is -2.29. The van der Waals surface area contributed by atoms with Crippen molar-refractivity contribution in [1.29, 1.82) is 0 Å². The van der Waals surface area contributed by atoms with Crippen LogP contribution in [0.4, 0.5) is 0 Å². The molecule has 1 fully saturated rings. The zero-order valence-corrected chi connectivity index (χ0v) is 14.3. The number of aromatic nitrogens is 1. The summed E-state index contributed by atoms with van der Waals surface area (Å²) in [6, 6.07) is 6.70. The third-order valence-electron chi connectivity index (χ3n) is 4.60. The molecule has 1 N–H and O–H groups in total. The van der Waals surface area contributed by atoms with E-state index in [0.717, 1.165) is 43.6 Å². The SMILES string of the molecule is CCc1ccc(C2CCCCCN2C(=O)c2ccnc(C(=O)O)c2)o1. The van der Waals surface area contributed by atoms with E-state index in [0.29, 0.717) is 12.1 Å². The Kier molecular flexibility index (Phi) is 5.16. The van der Waals surface area contributed by atoms with E-state index in [4.69, 9.17) is 9.52 Å². The Balaban J connectivity index is 1.91. The zero-order chi connectivity index (χ0) is 17.8. The number of amides is 1. The van der Waals surface area contributed by atoms with Crippen LogP contribution in [0.1, 0.15) is 71.0 Å². The van der Waals surface area contributed by atoms with Gasteiger partial charge in [0.15, 0.2) is 0 Å². The fourth-order valence-corrected chi connectivity index (χ4v) is 3.26. The van der Waals surface area contributed by atoms with Crippen LogP contribution in [0.3, 0.4) is 0 Å². The summed E-state index contributed by atoms with van der Waals surface area (Å²) in [6.07, 6.45) is 6.06. The molecule has 1 unspecified atom stereocenters. The summed E-state index contributed by atoms with van der Waals surface area (Å²) in [5, 5.41) is 9.10. The summed E-state index contributed by atoms with van der Waals surface area (Å²) in [6.45, 7) is 2.67. The summed E-state index contributed by atoms with van der Waals surface area (Å²) < 4.78 is 5.91. The number of aryl methyl sites for hydroxylation is 1. The zero-order valence-electron chi connectivity index (χ0n) is 14.3. The van der Waals surface area contributed by atoms with Crippen LogP contribution in [-0.4, -0.2) is 33.4 Å². The van der Waals surface area contributed by atoms with Crippen LogP contribution in [0.15, 0.2) is 34.9 Å². The minimum atomic E-state index is -1.14. The number of hydrogen-bond donors (Lipinski definition) is 1. The summed E-state index contributed by atoms with van der Waals surface area (Å²) >= 11 is 0. The minimum absolute atomic E-state index is 0.114. The van der Waals surface area contributed by atoms with E-state index in [1.807, 2.05) is 24.0 Å². The van der Waals surface area contributed by atoms with E-state index < -0.39 is 5.97 Å². The highest BCUT2D eigenvalue weighted by Crippen LogP contribution is 2.32. The van der Waals surface area contributed by atoms with E-state index in [1.54, 1.807) is 6.07 Å². The highest BCUT2D eigenvalue weighted by Gasteiger charge is 2.30. The molecule has 1 saturated heterocycles. The number of aromatic carboxylic acids is 1. The molecule has 25 heavy (non-hydrogen) atoms. The number of carboxylic acid groups (broad SMARTS) is 1. The second-order valence-electron chi connectivity index (χ2n) is 6.26. The fourth-order valence-electron chi connectivity index (χ4n) is 3.26. The van der Waals surface area contributed by atoms with Gasteiger partial charge in [-0.1, -0.05) is 19.8 Å². The van der Waals surface area contributed by atoms with E-state index in [9.17, 15) is 9.59 Å². The van der Waals surface area contributed by atoms with Crippen LogP contribution in [0, 0.1) is 0 Å². The number of likely N-dealkylation sites (tertiary alicyclic amines) is 1. The molecule has 1 aliphatic rings. The maximum atomic E-state index is 13.1. The molecule has 1 amide bonds. The molecule has 132 valence electrons. The van der Waals surface area contributed by atoms with Crippen LogP contribution >= 0.6 is 0 Å². The number of rotatable bonds is 4. The highest BCUT2D eigenvalue weighted by molar-refractivity contribution is 5.96. The minimum Gasteiger partial charge on any atom is -0.477 e. The Morgan fingerprint density at radius 1 is 1.28 bits per heavy atom. The summed E-state index contributed by atoms with van der Waals surface area (Å²) in [5.74, 6) is 0.398. The molecule has 0 aliphatic carbocycles. The van der Waals surface area contributed by atoms with Crippen molar-refractivity contribution in [2.45, 2.75) is 45.1 Å². The Morgan fingerprint density at radius 3 is 2.84 bits per heavy atom. The first-order chi connectivity index (χ1) is 12.1. The van der Waals surface area contributed by atoms with Gasteiger partial charge in [0.05, 0.1) is 6.04 Å². The molecule has 3 rings (SSSR count). The van der Waals surface area contributed by atoms with Gasteiger partial charge in [-0.15, -0.1) is 0 Å². The molecular weight excluding hydrogens is 320 g/mol. The van der Waals surface area contributed by atoms with Crippen LogP contribution < -0.4 is 0 Å². The Hall–Kier alpha value is -2.63. The van der Waals surface area contributed by atoms with Gasteiger partial charge in [0.1, 0.15) is 17.2 Å². The van der Waals surface area contributed by atoms with E-state index in [2.05, 4.69) is 4.98 Å². The van der Waals surface area contributed by atoms with Gasteiger partial charge in [0.25, 0.3) is 5.91 Å². The van der Waals surface area contributed by atoms with E-state index in [1.165, 1.54) is 12.3 Å². The maximum Gasteiger partial charge on any atom is 0.354 e. The largest absolute Gasteiger partial charge is 0.477 e. The molecule has 6 nitrogen and oxygen atoms in total. The third-order valence-corrected chi connectivity index (χ3v) is 4.60. The second-order valence-corrected chi connectivity index (χ2v) is 6.26. The summed E-state index contributed by atoms with van der Waals surface area (Å²) in [4.78, 5) is 29.8. The first-order valence-electron chi connectivity index (χ1n) is 8.69. The van der Waals surface area contributed by atoms with Crippen molar-refractivity contribution in [1.82, 2.24) is 9.88 Å². The van der Waals surface area contributed by atoms with Crippen LogP contribution in [-0.2, 0) is 6.42 Å². The van der Waals surface area contributed by atoms with Crippen LogP contribution in [0.2, 0.25) is 0 Å². The predicted octanol–water partition coefficient (Wildman–Crippen LogP) is 3.69. The second kappa shape index (κ2) is 7.51. The molecule has 0 radical (unpaired) electrons. The molecule has 6 heteroatoms. The standard InChI is InChI=1S/C19H22N2O4/c1-2-14-7-8-17(25-14)16-6-4-3-5-11-21(16)18(22)13-9-10-20-15(12-13)19(23)24/h7-10,12,16H,2-6,11H2,1H3,(H,23,24). The number of nitrogens with zero attached hydrogens (tertiary/aromatic N) is 2. The van der Waals surface area contributed by atoms with Crippen LogP contribution in [0.25, 0.3) is 0 Å². The number of furan rings is 1. The first-order valence-corrected chi connectivity index (χ1v) is 8.69. The van der Waals surface area contributed by atoms with Gasteiger partial charge in [-0.2, -0.15) is 0 Å². The Morgan fingerprint density at radius 2 is 2.12 bits per heavy atom. The average Bonchev–Trinajstić information content (AvgIpc) is 2.98. The summed E-state index contributed by atoms with van der Waals surface area (Å²) in [7, 11) is 0. The van der Waals surface area contributed by atoms with Crippen molar-refractivity contribution in [3.8, 4) is 0 Å². The predicted molar refractivity (Wildman–Crippen MR) is 91.5 cm³/mol. The van der Waals surface area contributed by atoms with Gasteiger partial charge in [-0.25, -0.2) is 9.78 Å². The monoisotopic (exact) mass is 342 g/mol. The molecule has 3 heterocycles. The number of carboxylic acids is 1. The van der Waals surface area contributed by atoms with Gasteiger partial charge in [0.2, 0.25) is 0 Å². The Labute approximate surface area is 146 Å². The maximum absolute atomic E-state index is 13.1. The van der Waals surface area contributed by atoms with Gasteiger partial charge in [-0.05, 0) is 37.1 Å². The lowest BCUT2D eigenvalue weighted by Crippen LogP contribution is -2.34. The number of hydrogen-bond acceptors (Lipinski definition) is 4. The van der Waals surface area contributed by atoms with Crippen molar-refractivity contribution < 1.29 is 19.1 Å². The summed E-state index contributed by atoms with van der Waals surface area (Å²) in [5.41, 5.74) is 0.227. The average molecular weight is 342 g/mol. The molecule has 0 aromatic carbocycles.